The van der Waals surface area contributed by atoms with Gasteiger partial charge in [0.2, 0.25) is 5.95 Å². The third kappa shape index (κ3) is 4.55. The van der Waals surface area contributed by atoms with Gasteiger partial charge in [0.05, 0.1) is 19.5 Å². The molecule has 6 N–H and O–H groups in total. The number of ether oxygens (including phenoxy) is 1. The average molecular weight is 432 g/mol. The van der Waals surface area contributed by atoms with Crippen molar-refractivity contribution >= 4 is 24.9 Å². The fraction of sp³-hybridized carbons (Fsp3) is 0.583. The molecule has 1 aliphatic heterocycles. The lowest BCUT2D eigenvalue weighted by atomic mass is 10.1. The monoisotopic (exact) mass is 432 g/mol. The molecule has 1 saturated heterocycles. The van der Waals surface area contributed by atoms with Crippen LogP contribution in [0, 0.1) is 0 Å². The first-order chi connectivity index (χ1) is 13.7. The molecule has 16 nitrogen and oxygen atoms in total. The number of H-pyrrole nitrogens is 1. The topological polar surface area (TPSA) is 244 Å². The summed E-state index contributed by atoms with van der Waals surface area (Å²) >= 11 is 0. The number of phosphoric ester groups is 1. The zero-order valence-corrected chi connectivity index (χ0v) is 15.5. The van der Waals surface area contributed by atoms with Crippen LogP contribution in [0.15, 0.2) is 16.2 Å². The van der Waals surface area contributed by atoms with Crippen molar-refractivity contribution in [1.82, 2.24) is 19.5 Å². The van der Waals surface area contributed by atoms with Gasteiger partial charge in [-0.1, -0.05) is 5.11 Å². The number of nitrogen functional groups attached to an aromatic ring is 1. The minimum absolute atomic E-state index is 0.0123. The maximum absolute atomic E-state index is 11.9. The van der Waals surface area contributed by atoms with Gasteiger partial charge in [-0.2, -0.15) is 4.98 Å². The van der Waals surface area contributed by atoms with Gasteiger partial charge in [-0.25, -0.2) is 9.55 Å². The lowest BCUT2D eigenvalue weighted by Crippen LogP contribution is -2.33. The molecule has 5 atom stereocenters. The normalized spacial score (nSPS) is 26.3. The van der Waals surface area contributed by atoms with Gasteiger partial charge >= 0.3 is 7.82 Å². The summed E-state index contributed by atoms with van der Waals surface area (Å²) in [5, 5.41) is 23.6. The fourth-order valence-electron chi connectivity index (χ4n) is 2.67. The van der Waals surface area contributed by atoms with Crippen LogP contribution in [0.2, 0.25) is 0 Å². The summed E-state index contributed by atoms with van der Waals surface area (Å²) in [7, 11) is -4.51. The average Bonchev–Trinajstić information content (AvgIpc) is 3.19. The molecular weight excluding hydrogens is 415 g/mol. The number of hydrogen-bond donors (Lipinski definition) is 5. The van der Waals surface area contributed by atoms with Crippen LogP contribution in [0.5, 0.6) is 0 Å². The third-order valence-electron chi connectivity index (χ3n) is 3.97. The van der Waals surface area contributed by atoms with E-state index in [1.807, 2.05) is 0 Å². The second-order valence-corrected chi connectivity index (χ2v) is 7.33. The summed E-state index contributed by atoms with van der Waals surface area (Å²) in [6, 6.07) is 0. The predicted molar refractivity (Wildman–Crippen MR) is 94.2 cm³/mol. The number of hydrogen-bond acceptors (Lipinski definition) is 11. The van der Waals surface area contributed by atoms with E-state index in [0.29, 0.717) is 0 Å². The number of aromatic nitrogens is 4. The van der Waals surface area contributed by atoms with E-state index < -0.39 is 44.5 Å². The molecule has 0 aliphatic carbocycles. The molecule has 0 amide bonds. The molecule has 17 heteroatoms. The first kappa shape index (κ1) is 21.2. The largest absolute Gasteiger partial charge is 0.472 e. The number of nitrogens with one attached hydrogen (secondary N) is 1. The molecule has 0 spiro atoms. The Bertz CT molecular complexity index is 1030. The van der Waals surface area contributed by atoms with E-state index in [1.54, 1.807) is 0 Å². The van der Waals surface area contributed by atoms with Crippen LogP contribution in [-0.2, 0) is 18.3 Å². The van der Waals surface area contributed by atoms with Crippen molar-refractivity contribution in [2.75, 3.05) is 25.5 Å². The van der Waals surface area contributed by atoms with Gasteiger partial charge < -0.3 is 25.6 Å². The summed E-state index contributed by atoms with van der Waals surface area (Å²) in [4.78, 5) is 34.0. The highest BCUT2D eigenvalue weighted by Crippen LogP contribution is 2.44. The van der Waals surface area contributed by atoms with E-state index in [9.17, 15) is 24.5 Å². The number of fused-ring (bicyclic) bond motifs is 1. The van der Waals surface area contributed by atoms with Crippen LogP contribution in [0.4, 0.5) is 5.95 Å². The summed E-state index contributed by atoms with van der Waals surface area (Å²) in [5.41, 5.74) is 13.0. The molecule has 0 radical (unpaired) electrons. The van der Waals surface area contributed by atoms with Crippen LogP contribution < -0.4 is 11.3 Å². The number of aliphatic hydroxyl groups is 2. The Balaban J connectivity index is 1.70. The lowest BCUT2D eigenvalue weighted by Gasteiger charge is -2.17. The molecule has 3 heterocycles. The molecule has 158 valence electrons. The fourth-order valence-corrected chi connectivity index (χ4v) is 3.39. The van der Waals surface area contributed by atoms with Gasteiger partial charge in [-0.3, -0.25) is 23.4 Å². The maximum Gasteiger partial charge on any atom is 0.472 e. The standard InChI is InChI=1S/C12H17N8O8P/c13-12-17-9-6(10(23)18-12)15-4-20(9)11-8(22)7(21)5(28-11)3-27-29(24,25)26-2-1-16-19-14/h4-5,7-8,11,21-22H,1-3H2,(H,24,25)(H3,13,17,18,23)/t5-,7?,8+,11-/m1/s1. The number of aromatic amines is 1. The van der Waals surface area contributed by atoms with Gasteiger partial charge in [-0.15, -0.1) is 0 Å². The Kier molecular flexibility index (Phi) is 6.16. The smallest absolute Gasteiger partial charge is 0.387 e. The zero-order chi connectivity index (χ0) is 21.2. The molecule has 29 heavy (non-hydrogen) atoms. The van der Waals surface area contributed by atoms with Crippen molar-refractivity contribution in [2.45, 2.75) is 24.5 Å². The number of phosphoric acid groups is 1. The zero-order valence-electron chi connectivity index (χ0n) is 14.6. The highest BCUT2D eigenvalue weighted by Gasteiger charge is 2.45. The number of anilines is 1. The molecule has 2 unspecified atom stereocenters. The second kappa shape index (κ2) is 8.44. The Labute approximate surface area is 161 Å². The molecule has 0 saturated carbocycles. The first-order valence-corrected chi connectivity index (χ1v) is 9.59. The van der Waals surface area contributed by atoms with Gasteiger partial charge in [0.15, 0.2) is 17.4 Å². The van der Waals surface area contributed by atoms with Crippen LogP contribution in [0.1, 0.15) is 6.23 Å². The van der Waals surface area contributed by atoms with Crippen molar-refractivity contribution in [2.24, 2.45) is 5.11 Å². The molecule has 1 aliphatic rings. The van der Waals surface area contributed by atoms with Crippen LogP contribution >= 0.6 is 7.82 Å². The van der Waals surface area contributed by atoms with Crippen LogP contribution in [0.25, 0.3) is 21.6 Å². The number of rotatable bonds is 8. The molecule has 0 aromatic carbocycles. The maximum atomic E-state index is 11.9. The Hall–Kier alpha value is -2.55. The SMILES string of the molecule is [N-]=[N+]=NCCOP(=O)(O)OC[C@H]1O[C@@H](n2cnc3c(=O)[nH]c(N)nc32)[C@@H](O)C1O. The molecule has 3 rings (SSSR count). The van der Waals surface area contributed by atoms with Gasteiger partial charge in [0, 0.05) is 11.5 Å². The Morgan fingerprint density at radius 1 is 1.45 bits per heavy atom. The highest BCUT2D eigenvalue weighted by atomic mass is 31.2. The number of nitrogens with zero attached hydrogens (tertiary/aromatic N) is 6. The van der Waals surface area contributed by atoms with Crippen molar-refractivity contribution in [3.05, 3.63) is 27.1 Å². The number of aliphatic hydroxyl groups excluding tert-OH is 2. The van der Waals surface area contributed by atoms with Crippen molar-refractivity contribution < 1.29 is 33.5 Å². The van der Waals surface area contributed by atoms with Crippen molar-refractivity contribution in [3.8, 4) is 0 Å². The van der Waals surface area contributed by atoms with Gasteiger partial charge in [-0.05, 0) is 5.53 Å². The van der Waals surface area contributed by atoms with Crippen molar-refractivity contribution in [3.63, 3.8) is 0 Å². The Morgan fingerprint density at radius 2 is 2.21 bits per heavy atom. The van der Waals surface area contributed by atoms with Crippen LogP contribution in [0.3, 0.4) is 0 Å². The van der Waals surface area contributed by atoms with E-state index in [0.717, 1.165) is 0 Å². The minimum Gasteiger partial charge on any atom is -0.387 e. The third-order valence-corrected chi connectivity index (χ3v) is 4.96. The predicted octanol–water partition coefficient (Wildman–Crippen LogP) is -1.24. The van der Waals surface area contributed by atoms with Crippen molar-refractivity contribution in [1.29, 1.82) is 0 Å². The first-order valence-electron chi connectivity index (χ1n) is 8.10. The Morgan fingerprint density at radius 3 is 2.93 bits per heavy atom. The molecule has 2 aromatic heterocycles. The van der Waals surface area contributed by atoms with Crippen LogP contribution in [-0.4, -0.2) is 72.7 Å². The lowest BCUT2D eigenvalue weighted by molar-refractivity contribution is -0.0513. The number of azide groups is 1. The molecule has 1 fully saturated rings. The van der Waals surface area contributed by atoms with E-state index in [4.69, 9.17) is 20.5 Å². The second-order valence-electron chi connectivity index (χ2n) is 5.87. The minimum atomic E-state index is -4.51. The molecular formula is C12H17N8O8P. The van der Waals surface area contributed by atoms with E-state index in [2.05, 4.69) is 29.5 Å². The van der Waals surface area contributed by atoms with E-state index in [-0.39, 0.29) is 30.3 Å². The summed E-state index contributed by atoms with van der Waals surface area (Å²) in [6.45, 7) is -1.15. The van der Waals surface area contributed by atoms with E-state index in [1.165, 1.54) is 10.9 Å². The highest BCUT2D eigenvalue weighted by molar-refractivity contribution is 7.47. The quantitative estimate of drug-likeness (QED) is 0.109. The van der Waals surface area contributed by atoms with E-state index >= 15 is 0 Å². The number of imidazole rings is 1. The van der Waals surface area contributed by atoms with Gasteiger partial charge in [0.1, 0.15) is 18.3 Å². The summed E-state index contributed by atoms with van der Waals surface area (Å²) in [6.07, 6.45) is -4.26. The molecule has 2 aromatic rings. The summed E-state index contributed by atoms with van der Waals surface area (Å²) < 4.78 is 27.8. The number of nitrogens with two attached hydrogens (primary N) is 1. The molecule has 0 bridgehead atoms. The summed E-state index contributed by atoms with van der Waals surface area (Å²) in [5.74, 6) is -0.184. The van der Waals surface area contributed by atoms with Gasteiger partial charge in [0.25, 0.3) is 5.56 Å².